The van der Waals surface area contributed by atoms with Crippen LogP contribution in [0.1, 0.15) is 0 Å². The quantitative estimate of drug-likeness (QED) is 0.378. The summed E-state index contributed by atoms with van der Waals surface area (Å²) in [5.74, 6) is 0.268. The van der Waals surface area contributed by atoms with Crippen molar-refractivity contribution in [3.8, 4) is 11.1 Å². The fourth-order valence-electron chi connectivity index (χ4n) is 2.59. The highest BCUT2D eigenvalue weighted by atomic mass is 35.5. The van der Waals surface area contributed by atoms with E-state index in [1.165, 1.54) is 29.8 Å². The van der Waals surface area contributed by atoms with Gasteiger partial charge in [0.25, 0.3) is 0 Å². The maximum absolute atomic E-state index is 13.3. The van der Waals surface area contributed by atoms with Gasteiger partial charge in [-0.2, -0.15) is 0 Å². The molecule has 0 aliphatic rings. The van der Waals surface area contributed by atoms with Crippen LogP contribution in [0.3, 0.4) is 0 Å². The number of nitrogens with one attached hydrogen (secondary N) is 1. The van der Waals surface area contributed by atoms with Crippen LogP contribution in [0, 0.1) is 5.82 Å². The second kappa shape index (κ2) is 7.00. The SMILES string of the molecule is Fc1ccc(-c2csc3ncnc(Nc4c(Cl)cc(Cl)cc4Cl)c23)cc1. The first-order valence-electron chi connectivity index (χ1n) is 7.42. The monoisotopic (exact) mass is 423 g/mol. The van der Waals surface area contributed by atoms with Gasteiger partial charge in [-0.3, -0.25) is 0 Å². The molecule has 2 heterocycles. The second-order valence-electron chi connectivity index (χ2n) is 5.43. The summed E-state index contributed by atoms with van der Waals surface area (Å²) in [7, 11) is 0. The van der Waals surface area contributed by atoms with E-state index in [4.69, 9.17) is 34.8 Å². The van der Waals surface area contributed by atoms with Crippen LogP contribution >= 0.6 is 46.1 Å². The lowest BCUT2D eigenvalue weighted by molar-refractivity contribution is 0.628. The first-order chi connectivity index (χ1) is 12.5. The normalized spacial score (nSPS) is 11.1. The first kappa shape index (κ1) is 17.5. The van der Waals surface area contributed by atoms with E-state index in [9.17, 15) is 4.39 Å². The predicted molar refractivity (Wildman–Crippen MR) is 108 cm³/mol. The van der Waals surface area contributed by atoms with Crippen molar-refractivity contribution < 1.29 is 4.39 Å². The van der Waals surface area contributed by atoms with Crippen LogP contribution in [0.4, 0.5) is 15.9 Å². The van der Waals surface area contributed by atoms with E-state index in [0.29, 0.717) is 26.6 Å². The summed E-state index contributed by atoms with van der Waals surface area (Å²) >= 11 is 20.0. The third kappa shape index (κ3) is 3.23. The number of benzene rings is 2. The van der Waals surface area contributed by atoms with E-state index < -0.39 is 0 Å². The number of thiophene rings is 1. The highest BCUT2D eigenvalue weighted by Crippen LogP contribution is 2.40. The lowest BCUT2D eigenvalue weighted by Gasteiger charge is -2.12. The molecule has 0 fully saturated rings. The fraction of sp³-hybridized carbons (Fsp3) is 0. The lowest BCUT2D eigenvalue weighted by Crippen LogP contribution is -1.97. The smallest absolute Gasteiger partial charge is 0.143 e. The van der Waals surface area contributed by atoms with Crippen molar-refractivity contribution in [1.82, 2.24) is 9.97 Å². The zero-order chi connectivity index (χ0) is 18.3. The van der Waals surface area contributed by atoms with E-state index in [1.807, 2.05) is 5.38 Å². The molecule has 0 atom stereocenters. The Morgan fingerprint density at radius 2 is 1.65 bits per heavy atom. The summed E-state index contributed by atoms with van der Waals surface area (Å²) in [4.78, 5) is 9.45. The third-order valence-electron chi connectivity index (χ3n) is 3.78. The molecule has 0 radical (unpaired) electrons. The summed E-state index contributed by atoms with van der Waals surface area (Å²) in [6, 6.07) is 9.48. The van der Waals surface area contributed by atoms with E-state index in [-0.39, 0.29) is 5.82 Å². The Morgan fingerprint density at radius 1 is 0.962 bits per heavy atom. The van der Waals surface area contributed by atoms with Crippen molar-refractivity contribution in [3.63, 3.8) is 0 Å². The molecule has 1 N–H and O–H groups in total. The molecule has 3 nitrogen and oxygen atoms in total. The van der Waals surface area contributed by atoms with E-state index in [0.717, 1.165) is 21.3 Å². The molecule has 8 heteroatoms. The van der Waals surface area contributed by atoms with Gasteiger partial charge in [-0.05, 0) is 29.8 Å². The molecule has 2 aromatic heterocycles. The van der Waals surface area contributed by atoms with Crippen LogP contribution < -0.4 is 5.32 Å². The number of anilines is 2. The molecule has 0 aliphatic heterocycles. The van der Waals surface area contributed by atoms with Gasteiger partial charge in [0.1, 0.15) is 22.8 Å². The van der Waals surface area contributed by atoms with E-state index >= 15 is 0 Å². The Morgan fingerprint density at radius 3 is 2.35 bits per heavy atom. The number of aromatic nitrogens is 2. The Labute approximate surface area is 167 Å². The number of nitrogens with zero attached hydrogens (tertiary/aromatic N) is 2. The second-order valence-corrected chi connectivity index (χ2v) is 7.54. The van der Waals surface area contributed by atoms with Crippen LogP contribution in [-0.4, -0.2) is 9.97 Å². The number of halogens is 4. The first-order valence-corrected chi connectivity index (χ1v) is 9.44. The zero-order valence-corrected chi connectivity index (χ0v) is 16.0. The molecule has 0 amide bonds. The minimum Gasteiger partial charge on any atom is -0.337 e. The fourth-order valence-corrected chi connectivity index (χ4v) is 4.42. The van der Waals surface area contributed by atoms with Crippen molar-refractivity contribution in [2.24, 2.45) is 0 Å². The van der Waals surface area contributed by atoms with Crippen LogP contribution in [0.15, 0.2) is 48.1 Å². The molecule has 2 aromatic carbocycles. The van der Waals surface area contributed by atoms with Crippen molar-refractivity contribution in [2.75, 3.05) is 5.32 Å². The maximum atomic E-state index is 13.3. The summed E-state index contributed by atoms with van der Waals surface area (Å²) in [6.45, 7) is 0. The largest absolute Gasteiger partial charge is 0.337 e. The van der Waals surface area contributed by atoms with Crippen LogP contribution in [-0.2, 0) is 0 Å². The van der Waals surface area contributed by atoms with Crippen LogP contribution in [0.25, 0.3) is 21.3 Å². The Hall–Kier alpha value is -1.92. The van der Waals surface area contributed by atoms with E-state index in [1.54, 1.807) is 24.3 Å². The van der Waals surface area contributed by atoms with Crippen molar-refractivity contribution >= 4 is 67.9 Å². The van der Waals surface area contributed by atoms with Gasteiger partial charge < -0.3 is 5.32 Å². The third-order valence-corrected chi connectivity index (χ3v) is 5.48. The van der Waals surface area contributed by atoms with Gasteiger partial charge in [0.15, 0.2) is 0 Å². The molecule has 4 rings (SSSR count). The average Bonchev–Trinajstić information content (AvgIpc) is 3.03. The summed E-state index contributed by atoms with van der Waals surface area (Å²) in [5.41, 5.74) is 2.27. The highest BCUT2D eigenvalue weighted by Gasteiger charge is 2.16. The number of hydrogen-bond acceptors (Lipinski definition) is 4. The van der Waals surface area contributed by atoms with Crippen molar-refractivity contribution in [2.45, 2.75) is 0 Å². The van der Waals surface area contributed by atoms with Crippen molar-refractivity contribution in [3.05, 3.63) is 69.0 Å². The predicted octanol–water partition coefficient (Wildman–Crippen LogP) is 7.20. The van der Waals surface area contributed by atoms with Gasteiger partial charge in [-0.1, -0.05) is 46.9 Å². The highest BCUT2D eigenvalue weighted by molar-refractivity contribution is 7.17. The molecule has 0 aliphatic carbocycles. The average molecular weight is 425 g/mol. The summed E-state index contributed by atoms with van der Waals surface area (Å²) in [6.07, 6.45) is 1.47. The minimum absolute atomic E-state index is 0.289. The zero-order valence-electron chi connectivity index (χ0n) is 12.9. The Balaban J connectivity index is 1.86. The molecule has 0 bridgehead atoms. The number of fused-ring (bicyclic) bond motifs is 1. The molecule has 0 spiro atoms. The molecule has 4 aromatic rings. The molecule has 26 heavy (non-hydrogen) atoms. The molecular formula is C18H9Cl3FN3S. The summed E-state index contributed by atoms with van der Waals surface area (Å²) in [5, 5.41) is 7.16. The van der Waals surface area contributed by atoms with Crippen LogP contribution in [0.5, 0.6) is 0 Å². The number of hydrogen-bond donors (Lipinski definition) is 1. The van der Waals surface area contributed by atoms with Gasteiger partial charge in [0.2, 0.25) is 0 Å². The van der Waals surface area contributed by atoms with E-state index in [2.05, 4.69) is 15.3 Å². The summed E-state index contributed by atoms with van der Waals surface area (Å²) < 4.78 is 13.3. The Kier molecular flexibility index (Phi) is 4.71. The minimum atomic E-state index is -0.289. The molecule has 130 valence electrons. The van der Waals surface area contributed by atoms with Gasteiger partial charge in [0, 0.05) is 16.0 Å². The molecule has 0 unspecified atom stereocenters. The Bertz CT molecular complexity index is 1090. The van der Waals surface area contributed by atoms with Gasteiger partial charge >= 0.3 is 0 Å². The standard InChI is InChI=1S/C18H9Cl3FN3S/c19-10-5-13(20)16(14(21)6-10)25-17-15-12(7-26-18(15)24-8-23-17)9-1-3-11(22)4-2-9/h1-8H,(H,23,24,25). The molecular weight excluding hydrogens is 416 g/mol. The molecule has 0 saturated heterocycles. The topological polar surface area (TPSA) is 37.8 Å². The van der Waals surface area contributed by atoms with Gasteiger partial charge in [0.05, 0.1) is 21.1 Å². The molecule has 0 saturated carbocycles. The van der Waals surface area contributed by atoms with Gasteiger partial charge in [-0.15, -0.1) is 11.3 Å². The lowest BCUT2D eigenvalue weighted by atomic mass is 10.1. The number of rotatable bonds is 3. The van der Waals surface area contributed by atoms with Gasteiger partial charge in [-0.25, -0.2) is 14.4 Å². The maximum Gasteiger partial charge on any atom is 0.143 e. The van der Waals surface area contributed by atoms with Crippen LogP contribution in [0.2, 0.25) is 15.1 Å². The van der Waals surface area contributed by atoms with Crippen molar-refractivity contribution in [1.29, 1.82) is 0 Å².